The molecule has 0 fully saturated rings. The quantitative estimate of drug-likeness (QED) is 0.817. The largest absolute Gasteiger partial charge is 0.472 e. The highest BCUT2D eigenvalue weighted by atomic mass is 16.5. The van der Waals surface area contributed by atoms with Gasteiger partial charge in [0.05, 0.1) is 18.4 Å². The number of amides is 2. The van der Waals surface area contributed by atoms with Crippen LogP contribution >= 0.6 is 0 Å². The third-order valence-corrected chi connectivity index (χ3v) is 3.29. The Hall–Kier alpha value is -2.60. The van der Waals surface area contributed by atoms with E-state index in [2.05, 4.69) is 10.6 Å². The standard InChI is InChI=1S/C17H20N2O4/c1-12(19-17(21)15-6-7-23-11-15)16(20)18-9-13-4-3-5-14(8-13)10-22-2/h3-8,11-12H,9-10H2,1-2H3,(H,18,20)(H,19,21). The Kier molecular flexibility index (Phi) is 5.94. The minimum absolute atomic E-state index is 0.251. The average Bonchev–Trinajstić information content (AvgIpc) is 3.08. The Morgan fingerprint density at radius 3 is 2.74 bits per heavy atom. The van der Waals surface area contributed by atoms with Crippen molar-refractivity contribution in [2.75, 3.05) is 7.11 Å². The van der Waals surface area contributed by atoms with Crippen molar-refractivity contribution < 1.29 is 18.7 Å². The maximum Gasteiger partial charge on any atom is 0.255 e. The molecule has 0 aliphatic rings. The van der Waals surface area contributed by atoms with Crippen LogP contribution in [0.3, 0.4) is 0 Å². The number of rotatable bonds is 7. The molecule has 0 aliphatic carbocycles. The molecule has 0 spiro atoms. The Balaban J connectivity index is 1.84. The lowest BCUT2D eigenvalue weighted by Gasteiger charge is -2.14. The number of furan rings is 1. The molecule has 1 heterocycles. The summed E-state index contributed by atoms with van der Waals surface area (Å²) in [7, 11) is 1.64. The van der Waals surface area contributed by atoms with Gasteiger partial charge in [0.15, 0.2) is 0 Å². The zero-order chi connectivity index (χ0) is 16.7. The minimum Gasteiger partial charge on any atom is -0.472 e. The van der Waals surface area contributed by atoms with Crippen molar-refractivity contribution in [3.05, 3.63) is 59.5 Å². The smallest absolute Gasteiger partial charge is 0.255 e. The molecule has 1 aromatic heterocycles. The summed E-state index contributed by atoms with van der Waals surface area (Å²) in [5.74, 6) is -0.595. The molecule has 2 aromatic rings. The summed E-state index contributed by atoms with van der Waals surface area (Å²) in [6.45, 7) is 2.55. The van der Waals surface area contributed by atoms with E-state index in [1.807, 2.05) is 24.3 Å². The van der Waals surface area contributed by atoms with Gasteiger partial charge in [-0.1, -0.05) is 24.3 Å². The van der Waals surface area contributed by atoms with Gasteiger partial charge in [0, 0.05) is 13.7 Å². The predicted molar refractivity (Wildman–Crippen MR) is 84.6 cm³/mol. The lowest BCUT2D eigenvalue weighted by Crippen LogP contribution is -2.44. The van der Waals surface area contributed by atoms with E-state index >= 15 is 0 Å². The number of carbonyl (C=O) groups excluding carboxylic acids is 2. The second kappa shape index (κ2) is 8.14. The van der Waals surface area contributed by atoms with E-state index in [-0.39, 0.29) is 11.8 Å². The fourth-order valence-electron chi connectivity index (χ4n) is 2.08. The Labute approximate surface area is 134 Å². The molecule has 122 valence electrons. The summed E-state index contributed by atoms with van der Waals surface area (Å²) in [5.41, 5.74) is 2.40. The van der Waals surface area contributed by atoms with Crippen molar-refractivity contribution >= 4 is 11.8 Å². The predicted octanol–water partition coefficient (Wildman–Crippen LogP) is 1.86. The van der Waals surface area contributed by atoms with Crippen LogP contribution in [-0.4, -0.2) is 25.0 Å². The molecule has 2 amide bonds. The first-order valence-corrected chi connectivity index (χ1v) is 7.27. The number of carbonyl (C=O) groups is 2. The normalized spacial score (nSPS) is 11.7. The van der Waals surface area contributed by atoms with Crippen LogP contribution in [0.4, 0.5) is 0 Å². The Morgan fingerprint density at radius 2 is 2.04 bits per heavy atom. The number of hydrogen-bond donors (Lipinski definition) is 2. The fraction of sp³-hybridized carbons (Fsp3) is 0.294. The number of hydrogen-bond acceptors (Lipinski definition) is 4. The lowest BCUT2D eigenvalue weighted by atomic mass is 10.1. The van der Waals surface area contributed by atoms with Gasteiger partial charge in [-0.15, -0.1) is 0 Å². The number of nitrogens with one attached hydrogen (secondary N) is 2. The number of benzene rings is 1. The first-order valence-electron chi connectivity index (χ1n) is 7.27. The van der Waals surface area contributed by atoms with Crippen molar-refractivity contribution in [3.8, 4) is 0 Å². The molecule has 0 radical (unpaired) electrons. The Morgan fingerprint density at radius 1 is 1.26 bits per heavy atom. The van der Waals surface area contributed by atoms with Gasteiger partial charge in [-0.3, -0.25) is 9.59 Å². The molecule has 2 rings (SSSR count). The monoisotopic (exact) mass is 316 g/mol. The van der Waals surface area contributed by atoms with E-state index in [9.17, 15) is 9.59 Å². The van der Waals surface area contributed by atoms with Gasteiger partial charge in [-0.05, 0) is 24.1 Å². The Bertz CT molecular complexity index is 652. The van der Waals surface area contributed by atoms with E-state index in [1.165, 1.54) is 12.5 Å². The van der Waals surface area contributed by atoms with Gasteiger partial charge in [-0.2, -0.15) is 0 Å². The van der Waals surface area contributed by atoms with Crippen molar-refractivity contribution in [3.63, 3.8) is 0 Å². The molecule has 0 saturated heterocycles. The summed E-state index contributed by atoms with van der Waals surface area (Å²) in [6, 6.07) is 8.68. The van der Waals surface area contributed by atoms with Crippen LogP contribution in [0.15, 0.2) is 47.3 Å². The molecule has 1 unspecified atom stereocenters. The van der Waals surface area contributed by atoms with Crippen LogP contribution in [0, 0.1) is 0 Å². The average molecular weight is 316 g/mol. The number of ether oxygens (including phenoxy) is 1. The zero-order valence-electron chi connectivity index (χ0n) is 13.2. The molecule has 6 nitrogen and oxygen atoms in total. The van der Waals surface area contributed by atoms with Crippen molar-refractivity contribution in [1.82, 2.24) is 10.6 Å². The molecule has 1 aromatic carbocycles. The topological polar surface area (TPSA) is 80.6 Å². The maximum atomic E-state index is 12.1. The van der Waals surface area contributed by atoms with Gasteiger partial charge in [0.25, 0.3) is 5.91 Å². The highest BCUT2D eigenvalue weighted by Gasteiger charge is 2.16. The van der Waals surface area contributed by atoms with Gasteiger partial charge >= 0.3 is 0 Å². The highest BCUT2D eigenvalue weighted by molar-refractivity contribution is 5.97. The van der Waals surface area contributed by atoms with Gasteiger partial charge in [-0.25, -0.2) is 0 Å². The number of methoxy groups -OCH3 is 1. The molecule has 6 heteroatoms. The third-order valence-electron chi connectivity index (χ3n) is 3.29. The van der Waals surface area contributed by atoms with Crippen molar-refractivity contribution in [1.29, 1.82) is 0 Å². The zero-order valence-corrected chi connectivity index (χ0v) is 13.2. The van der Waals surface area contributed by atoms with Crippen LogP contribution in [0.1, 0.15) is 28.4 Å². The van der Waals surface area contributed by atoms with Gasteiger partial charge < -0.3 is 19.8 Å². The van der Waals surface area contributed by atoms with E-state index < -0.39 is 6.04 Å². The van der Waals surface area contributed by atoms with E-state index in [0.29, 0.717) is 18.7 Å². The summed E-state index contributed by atoms with van der Waals surface area (Å²) < 4.78 is 9.93. The summed E-state index contributed by atoms with van der Waals surface area (Å²) in [5, 5.41) is 5.42. The van der Waals surface area contributed by atoms with Gasteiger partial charge in [0.1, 0.15) is 12.3 Å². The highest BCUT2D eigenvalue weighted by Crippen LogP contribution is 2.06. The first kappa shape index (κ1) is 16.8. The van der Waals surface area contributed by atoms with Crippen LogP contribution in [0.5, 0.6) is 0 Å². The molecule has 23 heavy (non-hydrogen) atoms. The molecule has 1 atom stereocenters. The molecule has 0 bridgehead atoms. The van der Waals surface area contributed by atoms with Crippen LogP contribution in [-0.2, 0) is 22.7 Å². The molecular weight excluding hydrogens is 296 g/mol. The summed E-state index contributed by atoms with van der Waals surface area (Å²) >= 11 is 0. The van der Waals surface area contributed by atoms with E-state index in [0.717, 1.165) is 11.1 Å². The van der Waals surface area contributed by atoms with Crippen molar-refractivity contribution in [2.24, 2.45) is 0 Å². The first-order chi connectivity index (χ1) is 11.1. The third kappa shape index (κ3) is 4.96. The molecule has 2 N–H and O–H groups in total. The van der Waals surface area contributed by atoms with E-state index in [1.54, 1.807) is 20.1 Å². The SMILES string of the molecule is COCc1cccc(CNC(=O)C(C)NC(=O)c2ccoc2)c1. The van der Waals surface area contributed by atoms with E-state index in [4.69, 9.17) is 9.15 Å². The second-order valence-electron chi connectivity index (χ2n) is 5.18. The van der Waals surface area contributed by atoms with Crippen LogP contribution in [0.2, 0.25) is 0 Å². The van der Waals surface area contributed by atoms with Crippen LogP contribution in [0.25, 0.3) is 0 Å². The second-order valence-corrected chi connectivity index (χ2v) is 5.18. The molecule has 0 saturated carbocycles. The fourth-order valence-corrected chi connectivity index (χ4v) is 2.08. The lowest BCUT2D eigenvalue weighted by molar-refractivity contribution is -0.122. The van der Waals surface area contributed by atoms with Crippen molar-refractivity contribution in [2.45, 2.75) is 26.1 Å². The molecular formula is C17H20N2O4. The van der Waals surface area contributed by atoms with Gasteiger partial charge in [0.2, 0.25) is 5.91 Å². The summed E-state index contributed by atoms with van der Waals surface area (Å²) in [6.07, 6.45) is 2.74. The maximum absolute atomic E-state index is 12.1. The summed E-state index contributed by atoms with van der Waals surface area (Å²) in [4.78, 5) is 23.9. The molecule has 0 aliphatic heterocycles. The van der Waals surface area contributed by atoms with Crippen LogP contribution < -0.4 is 10.6 Å². The minimum atomic E-state index is -0.639.